The van der Waals surface area contributed by atoms with Gasteiger partial charge in [0.15, 0.2) is 0 Å². The Morgan fingerprint density at radius 2 is 2.36 bits per heavy atom. The summed E-state index contributed by atoms with van der Waals surface area (Å²) in [7, 11) is 0. The van der Waals surface area contributed by atoms with Crippen LogP contribution in [0.25, 0.3) is 0 Å². The van der Waals surface area contributed by atoms with E-state index in [0.717, 1.165) is 0 Å². The lowest BCUT2D eigenvalue weighted by Gasteiger charge is -2.07. The number of hydrogen-bond acceptors (Lipinski definition) is 4. The molecule has 0 saturated carbocycles. The number of furan rings is 1. The molecule has 0 amide bonds. The number of carboxylic acid groups (broad SMARTS) is 1. The highest BCUT2D eigenvalue weighted by Gasteiger charge is 2.09. The number of rotatable bonds is 5. The number of aromatic carboxylic acids is 1. The zero-order chi connectivity index (χ0) is 10.6. The van der Waals surface area contributed by atoms with Gasteiger partial charge in [0.1, 0.15) is 5.76 Å². The van der Waals surface area contributed by atoms with E-state index in [1.165, 1.54) is 6.07 Å². The standard InChI is InChI=1S/C9H13NO4/c1-6(5-11)10-4-7-2-3-8(14-7)9(12)13/h2-3,6,10-11H,4-5H2,1H3,(H,12,13). The fraction of sp³-hybridized carbons (Fsp3) is 0.444. The minimum absolute atomic E-state index is 0.0339. The van der Waals surface area contributed by atoms with Gasteiger partial charge in [0.2, 0.25) is 5.76 Å². The Kier molecular flexibility index (Phi) is 3.67. The van der Waals surface area contributed by atoms with Crippen LogP contribution in [0.3, 0.4) is 0 Å². The van der Waals surface area contributed by atoms with Gasteiger partial charge in [-0.2, -0.15) is 0 Å². The number of nitrogens with one attached hydrogen (secondary N) is 1. The molecule has 0 fully saturated rings. The van der Waals surface area contributed by atoms with E-state index >= 15 is 0 Å². The smallest absolute Gasteiger partial charge is 0.371 e. The average Bonchev–Trinajstić information content (AvgIpc) is 2.62. The van der Waals surface area contributed by atoms with Crippen molar-refractivity contribution in [1.82, 2.24) is 5.32 Å². The van der Waals surface area contributed by atoms with Gasteiger partial charge in [0.05, 0.1) is 13.2 Å². The van der Waals surface area contributed by atoms with Crippen molar-refractivity contribution in [2.75, 3.05) is 6.61 Å². The van der Waals surface area contributed by atoms with Crippen molar-refractivity contribution in [3.63, 3.8) is 0 Å². The van der Waals surface area contributed by atoms with Gasteiger partial charge < -0.3 is 19.9 Å². The maximum absolute atomic E-state index is 10.5. The van der Waals surface area contributed by atoms with Gasteiger partial charge >= 0.3 is 5.97 Å². The lowest BCUT2D eigenvalue weighted by molar-refractivity contribution is 0.0660. The highest BCUT2D eigenvalue weighted by Crippen LogP contribution is 2.07. The molecule has 1 atom stereocenters. The van der Waals surface area contributed by atoms with E-state index in [0.29, 0.717) is 12.3 Å². The fourth-order valence-electron chi connectivity index (χ4n) is 0.927. The molecule has 0 bridgehead atoms. The molecule has 3 N–H and O–H groups in total. The van der Waals surface area contributed by atoms with Gasteiger partial charge in [0.25, 0.3) is 0 Å². The molecule has 1 aromatic rings. The number of aliphatic hydroxyl groups is 1. The molecule has 1 heterocycles. The van der Waals surface area contributed by atoms with Crippen molar-refractivity contribution in [2.24, 2.45) is 0 Å². The van der Waals surface area contributed by atoms with E-state index in [2.05, 4.69) is 5.32 Å². The predicted molar refractivity (Wildman–Crippen MR) is 49.1 cm³/mol. The Balaban J connectivity index is 2.48. The SMILES string of the molecule is CC(CO)NCc1ccc(C(=O)O)o1. The van der Waals surface area contributed by atoms with E-state index in [1.54, 1.807) is 6.07 Å². The first-order chi connectivity index (χ1) is 6.63. The summed E-state index contributed by atoms with van der Waals surface area (Å²) in [5, 5.41) is 20.3. The van der Waals surface area contributed by atoms with Crippen molar-refractivity contribution in [1.29, 1.82) is 0 Å². The van der Waals surface area contributed by atoms with Gasteiger partial charge in [-0.1, -0.05) is 0 Å². The summed E-state index contributed by atoms with van der Waals surface area (Å²) in [5.41, 5.74) is 0. The van der Waals surface area contributed by atoms with Crippen LogP contribution in [0.4, 0.5) is 0 Å². The molecule has 0 aliphatic heterocycles. The quantitative estimate of drug-likeness (QED) is 0.641. The van der Waals surface area contributed by atoms with E-state index in [-0.39, 0.29) is 18.4 Å². The molecule has 0 aromatic carbocycles. The maximum atomic E-state index is 10.5. The van der Waals surface area contributed by atoms with Crippen LogP contribution in [0.15, 0.2) is 16.5 Å². The number of carboxylic acids is 1. The van der Waals surface area contributed by atoms with E-state index in [1.807, 2.05) is 6.92 Å². The maximum Gasteiger partial charge on any atom is 0.371 e. The first-order valence-corrected chi connectivity index (χ1v) is 4.29. The first kappa shape index (κ1) is 10.7. The van der Waals surface area contributed by atoms with Crippen LogP contribution in [0, 0.1) is 0 Å². The van der Waals surface area contributed by atoms with Crippen molar-refractivity contribution in [3.8, 4) is 0 Å². The van der Waals surface area contributed by atoms with Crippen molar-refractivity contribution < 1.29 is 19.4 Å². The zero-order valence-electron chi connectivity index (χ0n) is 7.86. The average molecular weight is 199 g/mol. The van der Waals surface area contributed by atoms with Crippen LogP contribution in [0.2, 0.25) is 0 Å². The van der Waals surface area contributed by atoms with Gasteiger partial charge in [-0.05, 0) is 19.1 Å². The highest BCUT2D eigenvalue weighted by atomic mass is 16.4. The molecule has 5 nitrogen and oxygen atoms in total. The van der Waals surface area contributed by atoms with Gasteiger partial charge in [-0.15, -0.1) is 0 Å². The Labute approximate surface area is 81.4 Å². The number of aliphatic hydroxyl groups excluding tert-OH is 1. The monoisotopic (exact) mass is 199 g/mol. The zero-order valence-corrected chi connectivity index (χ0v) is 7.86. The summed E-state index contributed by atoms with van der Waals surface area (Å²) in [5.74, 6) is -0.604. The fourth-order valence-corrected chi connectivity index (χ4v) is 0.927. The number of hydrogen-bond donors (Lipinski definition) is 3. The van der Waals surface area contributed by atoms with E-state index in [4.69, 9.17) is 14.6 Å². The third-order valence-corrected chi connectivity index (χ3v) is 1.77. The van der Waals surface area contributed by atoms with Gasteiger partial charge in [-0.25, -0.2) is 4.79 Å². The summed E-state index contributed by atoms with van der Waals surface area (Å²) in [4.78, 5) is 10.5. The van der Waals surface area contributed by atoms with Crippen LogP contribution < -0.4 is 5.32 Å². The van der Waals surface area contributed by atoms with Crippen LogP contribution in [0.5, 0.6) is 0 Å². The Morgan fingerprint density at radius 1 is 1.64 bits per heavy atom. The summed E-state index contributed by atoms with van der Waals surface area (Å²) in [6.45, 7) is 2.27. The molecule has 0 radical (unpaired) electrons. The second kappa shape index (κ2) is 4.78. The third-order valence-electron chi connectivity index (χ3n) is 1.77. The van der Waals surface area contributed by atoms with Crippen LogP contribution in [0.1, 0.15) is 23.2 Å². The molecule has 14 heavy (non-hydrogen) atoms. The molecule has 1 aromatic heterocycles. The molecular formula is C9H13NO4. The van der Waals surface area contributed by atoms with Gasteiger partial charge in [0, 0.05) is 6.04 Å². The van der Waals surface area contributed by atoms with Crippen molar-refractivity contribution in [2.45, 2.75) is 19.5 Å². The largest absolute Gasteiger partial charge is 0.475 e. The van der Waals surface area contributed by atoms with Crippen molar-refractivity contribution in [3.05, 3.63) is 23.7 Å². The number of carbonyl (C=O) groups is 1. The van der Waals surface area contributed by atoms with Crippen molar-refractivity contribution >= 4 is 5.97 Å². The van der Waals surface area contributed by atoms with Crippen LogP contribution in [-0.4, -0.2) is 28.8 Å². The normalized spacial score (nSPS) is 12.7. The predicted octanol–water partition coefficient (Wildman–Crippen LogP) is 0.448. The minimum atomic E-state index is -1.08. The molecule has 0 spiro atoms. The molecule has 0 aliphatic rings. The minimum Gasteiger partial charge on any atom is -0.475 e. The summed E-state index contributed by atoms with van der Waals surface area (Å²) >= 11 is 0. The lowest BCUT2D eigenvalue weighted by atomic mass is 10.3. The second-order valence-corrected chi connectivity index (χ2v) is 3.04. The molecule has 1 unspecified atom stereocenters. The van der Waals surface area contributed by atoms with E-state index in [9.17, 15) is 4.79 Å². The second-order valence-electron chi connectivity index (χ2n) is 3.04. The van der Waals surface area contributed by atoms with E-state index < -0.39 is 5.97 Å². The highest BCUT2D eigenvalue weighted by molar-refractivity contribution is 5.84. The van der Waals surface area contributed by atoms with Crippen LogP contribution >= 0.6 is 0 Å². The first-order valence-electron chi connectivity index (χ1n) is 4.29. The third kappa shape index (κ3) is 2.86. The molecule has 1 rings (SSSR count). The Morgan fingerprint density at radius 3 is 2.86 bits per heavy atom. The Bertz CT molecular complexity index is 308. The van der Waals surface area contributed by atoms with Crippen LogP contribution in [-0.2, 0) is 6.54 Å². The lowest BCUT2D eigenvalue weighted by Crippen LogP contribution is -2.28. The summed E-state index contributed by atoms with van der Waals surface area (Å²) in [6, 6.07) is 2.97. The summed E-state index contributed by atoms with van der Waals surface area (Å²) in [6.07, 6.45) is 0. The summed E-state index contributed by atoms with van der Waals surface area (Å²) < 4.78 is 5.00. The molecule has 5 heteroatoms. The topological polar surface area (TPSA) is 82.7 Å². The molecule has 0 saturated heterocycles. The Hall–Kier alpha value is -1.33. The molecular weight excluding hydrogens is 186 g/mol. The molecule has 78 valence electrons. The molecule has 0 aliphatic carbocycles. The van der Waals surface area contributed by atoms with Gasteiger partial charge in [-0.3, -0.25) is 0 Å².